The van der Waals surface area contributed by atoms with Crippen LogP contribution in [0.3, 0.4) is 0 Å². The predicted octanol–water partition coefficient (Wildman–Crippen LogP) is 1.40. The van der Waals surface area contributed by atoms with E-state index in [1.54, 1.807) is 18.5 Å². The van der Waals surface area contributed by atoms with Crippen molar-refractivity contribution in [1.82, 2.24) is 4.98 Å². The number of carboxylic acid groups (broad SMARTS) is 1. The maximum Gasteiger partial charge on any atom is 0.329 e. The molecule has 5 heteroatoms. The number of carboxylic acids is 1. The molecule has 0 bridgehead atoms. The van der Waals surface area contributed by atoms with Crippen molar-refractivity contribution in [3.8, 4) is 0 Å². The fourth-order valence-electron chi connectivity index (χ4n) is 0.930. The van der Waals surface area contributed by atoms with Crippen LogP contribution in [-0.4, -0.2) is 22.1 Å². The number of pyridine rings is 1. The minimum atomic E-state index is -0.946. The highest BCUT2D eigenvalue weighted by Crippen LogP contribution is 2.05. The summed E-state index contributed by atoms with van der Waals surface area (Å²) in [4.78, 5) is 14.5. The van der Waals surface area contributed by atoms with Crippen LogP contribution in [0, 0.1) is 0 Å². The van der Waals surface area contributed by atoms with Crippen molar-refractivity contribution in [3.63, 3.8) is 0 Å². The lowest BCUT2D eigenvalue weighted by Crippen LogP contribution is -2.19. The van der Waals surface area contributed by atoms with Gasteiger partial charge < -0.3 is 5.11 Å². The summed E-state index contributed by atoms with van der Waals surface area (Å²) >= 11 is 0. The van der Waals surface area contributed by atoms with Crippen LogP contribution in [0.25, 0.3) is 0 Å². The van der Waals surface area contributed by atoms with Crippen molar-refractivity contribution in [1.29, 1.82) is 0 Å². The summed E-state index contributed by atoms with van der Waals surface area (Å²) in [6.07, 6.45) is 3.63. The Kier molecular flexibility index (Phi) is 3.53. The lowest BCUT2D eigenvalue weighted by molar-refractivity contribution is -0.138. The first-order valence-electron chi connectivity index (χ1n) is 3.72. The Morgan fingerprint density at radius 1 is 1.77 bits per heavy atom. The molecule has 0 saturated heterocycles. The van der Waals surface area contributed by atoms with E-state index in [2.05, 4.69) is 18.8 Å². The summed E-state index contributed by atoms with van der Waals surface area (Å²) in [6, 6.07) is 2.84. The van der Waals surface area contributed by atoms with Gasteiger partial charge in [0.15, 0.2) is 6.04 Å². The van der Waals surface area contributed by atoms with Gasteiger partial charge in [0.1, 0.15) is 0 Å². The van der Waals surface area contributed by atoms with E-state index in [0.29, 0.717) is 6.42 Å². The van der Waals surface area contributed by atoms with Crippen molar-refractivity contribution >= 4 is 15.0 Å². The molecule has 0 aliphatic carbocycles. The first-order valence-corrected chi connectivity index (χ1v) is 4.17. The maximum absolute atomic E-state index is 10.6. The second kappa shape index (κ2) is 4.67. The average molecular weight is 196 g/mol. The molecule has 0 aliphatic heterocycles. The Hall–Kier alpha value is -1.28. The molecule has 0 radical (unpaired) electrons. The third kappa shape index (κ3) is 2.92. The summed E-state index contributed by atoms with van der Waals surface area (Å²) in [5.74, 6) is -0.946. The van der Waals surface area contributed by atoms with Gasteiger partial charge >= 0.3 is 5.97 Å². The molecule has 1 heterocycles. The summed E-state index contributed by atoms with van der Waals surface area (Å²) in [5, 5.41) is 8.69. The van der Waals surface area contributed by atoms with E-state index >= 15 is 0 Å². The van der Waals surface area contributed by atoms with E-state index in [1.807, 2.05) is 6.07 Å². The highest BCUT2D eigenvalue weighted by molar-refractivity contribution is 7.04. The summed E-state index contributed by atoms with van der Waals surface area (Å²) < 4.78 is 3.56. The SMILES string of the molecule is O=C(O)[C@H](Cc1cccnc1)N=P. The van der Waals surface area contributed by atoms with Gasteiger partial charge in [-0.3, -0.25) is 9.73 Å². The van der Waals surface area contributed by atoms with Crippen LogP contribution in [0.15, 0.2) is 29.3 Å². The van der Waals surface area contributed by atoms with Crippen LogP contribution in [0.2, 0.25) is 0 Å². The molecule has 1 aromatic rings. The zero-order valence-corrected chi connectivity index (χ0v) is 7.84. The molecule has 0 unspecified atom stereocenters. The van der Waals surface area contributed by atoms with E-state index in [0.717, 1.165) is 5.56 Å². The molecule has 0 spiro atoms. The predicted molar refractivity (Wildman–Crippen MR) is 50.1 cm³/mol. The Balaban J connectivity index is 2.67. The minimum Gasteiger partial charge on any atom is -0.480 e. The van der Waals surface area contributed by atoms with E-state index in [9.17, 15) is 4.79 Å². The van der Waals surface area contributed by atoms with E-state index in [-0.39, 0.29) is 0 Å². The van der Waals surface area contributed by atoms with Gasteiger partial charge in [-0.15, -0.1) is 0 Å². The third-order valence-electron chi connectivity index (χ3n) is 1.59. The van der Waals surface area contributed by atoms with Gasteiger partial charge in [0.05, 0.1) is 0 Å². The molecule has 1 rings (SSSR count). The molecule has 0 amide bonds. The highest BCUT2D eigenvalue weighted by atomic mass is 31.0. The molecule has 1 atom stereocenters. The van der Waals surface area contributed by atoms with Crippen LogP contribution in [0.4, 0.5) is 0 Å². The average Bonchev–Trinajstić information content (AvgIpc) is 2.15. The Morgan fingerprint density at radius 2 is 2.54 bits per heavy atom. The molecule has 68 valence electrons. The Labute approximate surface area is 77.9 Å². The van der Waals surface area contributed by atoms with Crippen molar-refractivity contribution < 1.29 is 9.90 Å². The molecule has 0 saturated carbocycles. The standard InChI is InChI=1S/C8H9N2O2P/c11-8(12)7(10-13)4-6-2-1-3-9-5-6/h1-3,5,7,13H,4H2,(H,11,12)/t7-/m0/s1. The van der Waals surface area contributed by atoms with Crippen LogP contribution in [0.5, 0.6) is 0 Å². The van der Waals surface area contributed by atoms with Gasteiger partial charge in [0, 0.05) is 18.8 Å². The first-order chi connectivity index (χ1) is 6.24. The van der Waals surface area contributed by atoms with Crippen LogP contribution in [-0.2, 0) is 11.2 Å². The van der Waals surface area contributed by atoms with E-state index in [1.165, 1.54) is 0 Å². The number of hydrogen-bond acceptors (Lipinski definition) is 3. The second-order valence-corrected chi connectivity index (χ2v) is 2.81. The number of hydrogen-bond donors (Lipinski definition) is 1. The third-order valence-corrected chi connectivity index (χ3v) is 1.90. The molecule has 1 aromatic heterocycles. The van der Waals surface area contributed by atoms with Crippen LogP contribution < -0.4 is 0 Å². The lowest BCUT2D eigenvalue weighted by atomic mass is 10.1. The largest absolute Gasteiger partial charge is 0.480 e. The van der Waals surface area contributed by atoms with Crippen molar-refractivity contribution in [2.75, 3.05) is 0 Å². The number of aromatic nitrogens is 1. The first kappa shape index (κ1) is 9.81. The highest BCUT2D eigenvalue weighted by Gasteiger charge is 2.15. The fourth-order valence-corrected chi connectivity index (χ4v) is 1.13. The second-order valence-electron chi connectivity index (χ2n) is 2.55. The van der Waals surface area contributed by atoms with Crippen molar-refractivity contribution in [3.05, 3.63) is 30.1 Å². The monoisotopic (exact) mass is 196 g/mol. The maximum atomic E-state index is 10.6. The summed E-state index contributed by atoms with van der Waals surface area (Å²) in [5.41, 5.74) is 0.858. The molecule has 1 N–H and O–H groups in total. The van der Waals surface area contributed by atoms with Gasteiger partial charge in [-0.05, 0) is 20.7 Å². The van der Waals surface area contributed by atoms with Gasteiger partial charge in [-0.25, -0.2) is 4.79 Å². The zero-order valence-electron chi connectivity index (χ0n) is 6.84. The fraction of sp³-hybridized carbons (Fsp3) is 0.250. The topological polar surface area (TPSA) is 62.5 Å². The van der Waals surface area contributed by atoms with Crippen LogP contribution >= 0.6 is 9.03 Å². The summed E-state index contributed by atoms with van der Waals surface area (Å²) in [7, 11) is 2.85. The normalized spacial score (nSPS) is 12.0. The van der Waals surface area contributed by atoms with Gasteiger partial charge in [-0.1, -0.05) is 6.07 Å². The molecule has 0 fully saturated rings. The van der Waals surface area contributed by atoms with E-state index < -0.39 is 12.0 Å². The molecule has 0 aromatic carbocycles. The van der Waals surface area contributed by atoms with E-state index in [4.69, 9.17) is 5.11 Å². The molecule has 0 aliphatic rings. The quantitative estimate of drug-likeness (QED) is 0.740. The van der Waals surface area contributed by atoms with Crippen molar-refractivity contribution in [2.45, 2.75) is 12.5 Å². The number of rotatable bonds is 4. The number of nitrogens with zero attached hydrogens (tertiary/aromatic N) is 2. The van der Waals surface area contributed by atoms with Crippen molar-refractivity contribution in [2.24, 2.45) is 4.74 Å². The summed E-state index contributed by atoms with van der Waals surface area (Å²) in [6.45, 7) is 0. The molecular weight excluding hydrogens is 187 g/mol. The Bertz CT molecular complexity index is 302. The van der Waals surface area contributed by atoms with Gasteiger partial charge in [-0.2, -0.15) is 0 Å². The van der Waals surface area contributed by atoms with Crippen LogP contribution in [0.1, 0.15) is 5.56 Å². The number of aliphatic carboxylic acids is 1. The van der Waals surface area contributed by atoms with Gasteiger partial charge in [0.2, 0.25) is 0 Å². The molecular formula is C8H9N2O2P. The smallest absolute Gasteiger partial charge is 0.329 e. The molecule has 4 nitrogen and oxygen atoms in total. The lowest BCUT2D eigenvalue weighted by Gasteiger charge is -2.04. The zero-order chi connectivity index (χ0) is 9.68. The molecule has 13 heavy (non-hydrogen) atoms. The number of carbonyl (C=O) groups is 1. The van der Waals surface area contributed by atoms with Gasteiger partial charge in [0.25, 0.3) is 0 Å². The minimum absolute atomic E-state index is 0.354. The Morgan fingerprint density at radius 3 is 3.00 bits per heavy atom.